The van der Waals surface area contributed by atoms with Crippen LogP contribution in [-0.2, 0) is 9.53 Å². The molecule has 0 spiro atoms. The smallest absolute Gasteiger partial charge is 0.273 e. The monoisotopic (exact) mass is 367 g/mol. The zero-order valence-electron chi connectivity index (χ0n) is 15.9. The quantitative estimate of drug-likeness (QED) is 0.834. The zero-order chi connectivity index (χ0) is 19.0. The lowest BCUT2D eigenvalue weighted by molar-refractivity contribution is -0.128. The molecule has 2 aliphatic rings. The summed E-state index contributed by atoms with van der Waals surface area (Å²) in [5.74, 6) is 0.293. The Kier molecular flexibility index (Phi) is 4.60. The van der Waals surface area contributed by atoms with Gasteiger partial charge in [-0.3, -0.25) is 14.6 Å². The minimum Gasteiger partial charge on any atom is -0.384 e. The van der Waals surface area contributed by atoms with E-state index in [4.69, 9.17) is 4.74 Å². The van der Waals surface area contributed by atoms with E-state index >= 15 is 0 Å². The lowest BCUT2D eigenvalue weighted by Crippen LogP contribution is -2.51. The fourth-order valence-corrected chi connectivity index (χ4v) is 4.67. The lowest BCUT2D eigenvalue weighted by atomic mass is 9.73. The Morgan fingerprint density at radius 2 is 2.00 bits per heavy atom. The number of carbonyl (C=O) groups excluding carboxylic acids is 2. The van der Waals surface area contributed by atoms with Crippen molar-refractivity contribution in [1.82, 2.24) is 14.8 Å². The van der Waals surface area contributed by atoms with Gasteiger partial charge in [0.1, 0.15) is 5.69 Å². The van der Waals surface area contributed by atoms with Crippen LogP contribution in [0.15, 0.2) is 36.5 Å². The molecule has 6 nitrogen and oxygen atoms in total. The molecule has 27 heavy (non-hydrogen) atoms. The van der Waals surface area contributed by atoms with E-state index in [1.165, 1.54) is 0 Å². The number of nitrogens with zero attached hydrogens (tertiary/aromatic N) is 3. The van der Waals surface area contributed by atoms with Crippen molar-refractivity contribution in [1.29, 1.82) is 0 Å². The highest BCUT2D eigenvalue weighted by atomic mass is 16.5. The maximum atomic E-state index is 13.2. The molecule has 0 saturated carbocycles. The number of hydrogen-bond donors (Lipinski definition) is 0. The van der Waals surface area contributed by atoms with Gasteiger partial charge in [-0.05, 0) is 17.9 Å². The Hall–Kier alpha value is -2.47. The molecule has 0 N–H and O–H groups in total. The molecule has 0 radical (unpaired) electrons. The van der Waals surface area contributed by atoms with Gasteiger partial charge in [0.25, 0.3) is 5.91 Å². The van der Waals surface area contributed by atoms with Crippen LogP contribution < -0.4 is 0 Å². The number of hydrogen-bond acceptors (Lipinski definition) is 4. The van der Waals surface area contributed by atoms with Crippen LogP contribution in [0.25, 0.3) is 10.8 Å². The highest BCUT2D eigenvalue weighted by Crippen LogP contribution is 2.43. The topological polar surface area (TPSA) is 62.7 Å². The Balaban J connectivity index is 1.60. The number of likely N-dealkylation sites (tertiary alicyclic amines) is 2. The van der Waals surface area contributed by atoms with Gasteiger partial charge in [0.15, 0.2) is 0 Å². The highest BCUT2D eigenvalue weighted by molar-refractivity contribution is 6.05. The molecule has 3 heterocycles. The normalized spacial score (nSPS) is 24.9. The molecule has 2 fully saturated rings. The summed E-state index contributed by atoms with van der Waals surface area (Å²) < 4.78 is 5.50. The van der Waals surface area contributed by atoms with E-state index in [1.54, 1.807) is 20.2 Å². The van der Waals surface area contributed by atoms with Crippen molar-refractivity contribution >= 4 is 22.6 Å². The molecule has 2 amide bonds. The van der Waals surface area contributed by atoms with Crippen LogP contribution in [-0.4, -0.2) is 66.5 Å². The summed E-state index contributed by atoms with van der Waals surface area (Å²) in [4.78, 5) is 33.3. The number of pyridine rings is 1. The molecule has 6 heteroatoms. The fraction of sp³-hybridized carbons (Fsp3) is 0.476. The number of carbonyl (C=O) groups is 2. The van der Waals surface area contributed by atoms with Crippen molar-refractivity contribution in [2.24, 2.45) is 11.3 Å². The molecule has 0 aliphatic carbocycles. The second kappa shape index (κ2) is 6.93. The third-order valence-electron chi connectivity index (χ3n) is 6.17. The maximum Gasteiger partial charge on any atom is 0.273 e. The summed E-state index contributed by atoms with van der Waals surface area (Å²) >= 11 is 0. The largest absolute Gasteiger partial charge is 0.384 e. The predicted molar refractivity (Wildman–Crippen MR) is 102 cm³/mol. The minimum absolute atomic E-state index is 0.0286. The third kappa shape index (κ3) is 3.08. The van der Waals surface area contributed by atoms with Gasteiger partial charge in [-0.2, -0.15) is 0 Å². The maximum absolute atomic E-state index is 13.2. The molecule has 0 bridgehead atoms. The van der Waals surface area contributed by atoms with Crippen molar-refractivity contribution in [3.05, 3.63) is 42.2 Å². The number of fused-ring (bicyclic) bond motifs is 2. The summed E-state index contributed by atoms with van der Waals surface area (Å²) in [6, 6.07) is 9.76. The van der Waals surface area contributed by atoms with Crippen molar-refractivity contribution in [2.75, 3.05) is 39.9 Å². The van der Waals surface area contributed by atoms with Crippen molar-refractivity contribution in [3.63, 3.8) is 0 Å². The average Bonchev–Trinajstić information content (AvgIpc) is 3.06. The SMILES string of the molecule is COC[C@@]12CCN(C(=O)c3nccc4ccccc34)C[C@@H]1CN(C(C)=O)C2. The Labute approximate surface area is 159 Å². The number of methoxy groups -OCH3 is 1. The van der Waals surface area contributed by atoms with Gasteiger partial charge < -0.3 is 14.5 Å². The number of piperidine rings is 1. The van der Waals surface area contributed by atoms with Crippen LogP contribution in [0.2, 0.25) is 0 Å². The summed E-state index contributed by atoms with van der Waals surface area (Å²) in [6.45, 7) is 4.93. The second-order valence-corrected chi connectivity index (χ2v) is 7.77. The second-order valence-electron chi connectivity index (χ2n) is 7.77. The third-order valence-corrected chi connectivity index (χ3v) is 6.17. The summed E-state index contributed by atoms with van der Waals surface area (Å²) in [5.41, 5.74) is 0.456. The number of amides is 2. The molecular weight excluding hydrogens is 342 g/mol. The highest BCUT2D eigenvalue weighted by Gasteiger charge is 2.51. The van der Waals surface area contributed by atoms with Crippen molar-refractivity contribution in [2.45, 2.75) is 13.3 Å². The summed E-state index contributed by atoms with van der Waals surface area (Å²) in [6.07, 6.45) is 2.54. The number of ether oxygens (including phenoxy) is 1. The first-order chi connectivity index (χ1) is 13.0. The number of aromatic nitrogens is 1. The van der Waals surface area contributed by atoms with Gasteiger partial charge in [0.2, 0.25) is 5.91 Å². The number of benzene rings is 1. The average molecular weight is 367 g/mol. The van der Waals surface area contributed by atoms with Crippen LogP contribution in [0.5, 0.6) is 0 Å². The van der Waals surface area contributed by atoms with Crippen LogP contribution >= 0.6 is 0 Å². The standard InChI is InChI=1S/C21H25N3O3/c1-15(25)24-12-17-11-23(10-8-21(17,13-24)14-27-2)20(26)19-18-6-4-3-5-16(18)7-9-22-19/h3-7,9,17H,8,10-14H2,1-2H3/t17-,21+/m1/s1. The molecule has 2 saturated heterocycles. The molecule has 2 aliphatic heterocycles. The first-order valence-electron chi connectivity index (χ1n) is 9.41. The molecule has 4 rings (SSSR count). The molecule has 1 aromatic carbocycles. The van der Waals surface area contributed by atoms with E-state index in [1.807, 2.05) is 40.1 Å². The van der Waals surface area contributed by atoms with Gasteiger partial charge in [-0.1, -0.05) is 24.3 Å². The summed E-state index contributed by atoms with van der Waals surface area (Å²) in [7, 11) is 1.71. The van der Waals surface area contributed by atoms with Gasteiger partial charge in [0.05, 0.1) is 6.61 Å². The van der Waals surface area contributed by atoms with E-state index in [0.717, 1.165) is 23.7 Å². The molecule has 0 unspecified atom stereocenters. The van der Waals surface area contributed by atoms with Crippen LogP contribution in [0, 0.1) is 11.3 Å². The Morgan fingerprint density at radius 1 is 1.22 bits per heavy atom. The van der Waals surface area contributed by atoms with E-state index < -0.39 is 0 Å². The van der Waals surface area contributed by atoms with Gasteiger partial charge in [-0.15, -0.1) is 0 Å². The molecule has 142 valence electrons. The first kappa shape index (κ1) is 17.9. The predicted octanol–water partition coefficient (Wildman–Crippen LogP) is 2.19. The number of rotatable bonds is 3. The van der Waals surface area contributed by atoms with E-state index in [2.05, 4.69) is 4.98 Å². The van der Waals surface area contributed by atoms with Crippen LogP contribution in [0.4, 0.5) is 0 Å². The summed E-state index contributed by atoms with van der Waals surface area (Å²) in [5, 5.41) is 1.90. The molecule has 1 aromatic heterocycles. The van der Waals surface area contributed by atoms with E-state index in [0.29, 0.717) is 31.9 Å². The molecule has 2 atom stereocenters. The Bertz CT molecular complexity index is 879. The minimum atomic E-state index is -0.0522. The lowest BCUT2D eigenvalue weighted by Gasteiger charge is -2.42. The van der Waals surface area contributed by atoms with Crippen LogP contribution in [0.3, 0.4) is 0 Å². The molecule has 2 aromatic rings. The fourth-order valence-electron chi connectivity index (χ4n) is 4.67. The van der Waals surface area contributed by atoms with E-state index in [9.17, 15) is 9.59 Å². The van der Waals surface area contributed by atoms with Gasteiger partial charge in [0, 0.05) is 63.1 Å². The first-order valence-corrected chi connectivity index (χ1v) is 9.41. The van der Waals surface area contributed by atoms with Crippen molar-refractivity contribution < 1.29 is 14.3 Å². The van der Waals surface area contributed by atoms with Gasteiger partial charge in [-0.25, -0.2) is 0 Å². The zero-order valence-corrected chi connectivity index (χ0v) is 15.9. The van der Waals surface area contributed by atoms with Crippen molar-refractivity contribution in [3.8, 4) is 0 Å². The van der Waals surface area contributed by atoms with Crippen LogP contribution in [0.1, 0.15) is 23.8 Å². The van der Waals surface area contributed by atoms with E-state index in [-0.39, 0.29) is 23.1 Å². The van der Waals surface area contributed by atoms with Gasteiger partial charge >= 0.3 is 0 Å². The molecular formula is C21H25N3O3. The Morgan fingerprint density at radius 3 is 2.78 bits per heavy atom.